The fraction of sp³-hybridized carbons (Fsp3) is 0.909. The smallest absolute Gasteiger partial charge is 0.250 e. The molecule has 0 aromatic heterocycles. The lowest BCUT2D eigenvalue weighted by atomic mass is 10.1. The maximum Gasteiger partial charge on any atom is 0.250 e. The number of nitrogens with one attached hydrogen (secondary N) is 2. The first kappa shape index (κ1) is 10.9. The summed E-state index contributed by atoms with van der Waals surface area (Å²) in [5.41, 5.74) is 0. The molecule has 15 heavy (non-hydrogen) atoms. The Morgan fingerprint density at radius 3 is 2.87 bits per heavy atom. The lowest BCUT2D eigenvalue weighted by Gasteiger charge is -2.23. The number of morpholine rings is 1. The molecule has 1 aliphatic heterocycles. The van der Waals surface area contributed by atoms with Gasteiger partial charge in [0, 0.05) is 19.6 Å². The maximum atomic E-state index is 11.7. The topological polar surface area (TPSA) is 50.4 Å². The first-order valence-electron chi connectivity index (χ1n) is 5.96. The molecular formula is C11H20N2O2. The Kier molecular flexibility index (Phi) is 3.97. The van der Waals surface area contributed by atoms with Crippen LogP contribution < -0.4 is 10.6 Å². The summed E-state index contributed by atoms with van der Waals surface area (Å²) in [6.07, 6.45) is 4.90. The van der Waals surface area contributed by atoms with Crippen LogP contribution in [-0.2, 0) is 9.53 Å². The zero-order valence-electron chi connectivity index (χ0n) is 9.13. The molecule has 1 heterocycles. The van der Waals surface area contributed by atoms with Crippen molar-refractivity contribution in [2.24, 2.45) is 5.92 Å². The van der Waals surface area contributed by atoms with E-state index < -0.39 is 0 Å². The van der Waals surface area contributed by atoms with Gasteiger partial charge in [-0.25, -0.2) is 0 Å². The quantitative estimate of drug-likeness (QED) is 0.706. The summed E-state index contributed by atoms with van der Waals surface area (Å²) in [5.74, 6) is 0.750. The van der Waals surface area contributed by atoms with Crippen molar-refractivity contribution in [3.63, 3.8) is 0 Å². The van der Waals surface area contributed by atoms with Crippen LogP contribution >= 0.6 is 0 Å². The monoisotopic (exact) mass is 212 g/mol. The molecule has 0 radical (unpaired) electrons. The molecule has 2 rings (SSSR count). The second-order valence-electron chi connectivity index (χ2n) is 4.46. The highest BCUT2D eigenvalue weighted by Gasteiger charge is 2.23. The van der Waals surface area contributed by atoms with Crippen LogP contribution in [0.4, 0.5) is 0 Å². The van der Waals surface area contributed by atoms with Crippen molar-refractivity contribution in [3.05, 3.63) is 0 Å². The fourth-order valence-electron chi connectivity index (χ4n) is 2.31. The number of hydrogen-bond donors (Lipinski definition) is 2. The Labute approximate surface area is 90.8 Å². The molecule has 0 aromatic carbocycles. The number of carbonyl (C=O) groups is 1. The number of ether oxygens (including phenoxy) is 1. The Morgan fingerprint density at radius 2 is 2.20 bits per heavy atom. The zero-order valence-corrected chi connectivity index (χ0v) is 9.13. The highest BCUT2D eigenvalue weighted by molar-refractivity contribution is 5.81. The SMILES string of the molecule is O=C(NCC1CCCC1)[C@H]1CNCCO1. The van der Waals surface area contributed by atoms with Crippen LogP contribution in [0.25, 0.3) is 0 Å². The summed E-state index contributed by atoms with van der Waals surface area (Å²) in [6.45, 7) is 2.98. The van der Waals surface area contributed by atoms with E-state index in [1.165, 1.54) is 25.7 Å². The fourth-order valence-corrected chi connectivity index (χ4v) is 2.31. The molecule has 0 bridgehead atoms. The Balaban J connectivity index is 1.66. The highest BCUT2D eigenvalue weighted by Crippen LogP contribution is 2.23. The molecule has 0 spiro atoms. The van der Waals surface area contributed by atoms with Crippen LogP contribution in [0.3, 0.4) is 0 Å². The largest absolute Gasteiger partial charge is 0.366 e. The van der Waals surface area contributed by atoms with E-state index in [1.54, 1.807) is 0 Å². The first-order valence-corrected chi connectivity index (χ1v) is 5.96. The number of rotatable bonds is 3. The van der Waals surface area contributed by atoms with E-state index >= 15 is 0 Å². The van der Waals surface area contributed by atoms with Gasteiger partial charge in [-0.15, -0.1) is 0 Å². The number of amides is 1. The van der Waals surface area contributed by atoms with E-state index in [1.807, 2.05) is 0 Å². The summed E-state index contributed by atoms with van der Waals surface area (Å²) < 4.78 is 5.38. The van der Waals surface area contributed by atoms with Crippen molar-refractivity contribution < 1.29 is 9.53 Å². The molecule has 1 amide bonds. The normalized spacial score (nSPS) is 27.9. The van der Waals surface area contributed by atoms with Gasteiger partial charge in [0.05, 0.1) is 6.61 Å². The number of hydrogen-bond acceptors (Lipinski definition) is 3. The Hall–Kier alpha value is -0.610. The molecule has 0 aromatic rings. The molecule has 0 unspecified atom stereocenters. The maximum absolute atomic E-state index is 11.7. The van der Waals surface area contributed by atoms with Gasteiger partial charge in [-0.2, -0.15) is 0 Å². The summed E-state index contributed by atoms with van der Waals surface area (Å²) in [4.78, 5) is 11.7. The van der Waals surface area contributed by atoms with Crippen molar-refractivity contribution in [2.75, 3.05) is 26.2 Å². The lowest BCUT2D eigenvalue weighted by Crippen LogP contribution is -2.48. The van der Waals surface area contributed by atoms with Gasteiger partial charge in [0.2, 0.25) is 5.91 Å². The molecule has 86 valence electrons. The van der Waals surface area contributed by atoms with Gasteiger partial charge >= 0.3 is 0 Å². The van der Waals surface area contributed by atoms with Crippen LogP contribution in [0.5, 0.6) is 0 Å². The van der Waals surface area contributed by atoms with Crippen LogP contribution in [0.2, 0.25) is 0 Å². The third-order valence-corrected chi connectivity index (χ3v) is 3.26. The zero-order chi connectivity index (χ0) is 10.5. The third kappa shape index (κ3) is 3.18. The predicted octanol–water partition coefficient (Wildman–Crippen LogP) is 0.281. The second-order valence-corrected chi connectivity index (χ2v) is 4.46. The van der Waals surface area contributed by atoms with Crippen molar-refractivity contribution in [1.82, 2.24) is 10.6 Å². The van der Waals surface area contributed by atoms with Crippen LogP contribution in [0.15, 0.2) is 0 Å². The minimum absolute atomic E-state index is 0.0501. The van der Waals surface area contributed by atoms with Crippen LogP contribution in [0.1, 0.15) is 25.7 Å². The van der Waals surface area contributed by atoms with E-state index in [4.69, 9.17) is 4.74 Å². The van der Waals surface area contributed by atoms with Crippen LogP contribution in [0, 0.1) is 5.92 Å². The Bertz CT molecular complexity index is 209. The van der Waals surface area contributed by atoms with Crippen molar-refractivity contribution >= 4 is 5.91 Å². The summed E-state index contributed by atoms with van der Waals surface area (Å²) in [5, 5.41) is 6.15. The summed E-state index contributed by atoms with van der Waals surface area (Å²) >= 11 is 0. The molecule has 2 N–H and O–H groups in total. The molecule has 4 nitrogen and oxygen atoms in total. The van der Waals surface area contributed by atoms with Gasteiger partial charge in [0.1, 0.15) is 6.10 Å². The molecule has 4 heteroatoms. The van der Waals surface area contributed by atoms with Crippen molar-refractivity contribution in [2.45, 2.75) is 31.8 Å². The van der Waals surface area contributed by atoms with Gasteiger partial charge in [-0.3, -0.25) is 4.79 Å². The average Bonchev–Trinajstić information content (AvgIpc) is 2.80. The molecule has 2 fully saturated rings. The molecular weight excluding hydrogens is 192 g/mol. The summed E-state index contributed by atoms with van der Waals surface area (Å²) in [7, 11) is 0. The van der Waals surface area contributed by atoms with Gasteiger partial charge in [0.25, 0.3) is 0 Å². The van der Waals surface area contributed by atoms with E-state index in [0.717, 1.165) is 13.1 Å². The highest BCUT2D eigenvalue weighted by atomic mass is 16.5. The van der Waals surface area contributed by atoms with E-state index in [2.05, 4.69) is 10.6 Å². The predicted molar refractivity (Wildman–Crippen MR) is 57.6 cm³/mol. The standard InChI is InChI=1S/C11H20N2O2/c14-11(10-8-12-5-6-15-10)13-7-9-3-1-2-4-9/h9-10,12H,1-8H2,(H,13,14)/t10-/m1/s1. The average molecular weight is 212 g/mol. The van der Waals surface area contributed by atoms with E-state index in [9.17, 15) is 4.79 Å². The second kappa shape index (κ2) is 5.47. The van der Waals surface area contributed by atoms with Crippen molar-refractivity contribution in [3.8, 4) is 0 Å². The molecule has 1 saturated carbocycles. The number of carbonyl (C=O) groups excluding carboxylic acids is 1. The summed E-state index contributed by atoms with van der Waals surface area (Å²) in [6, 6.07) is 0. The minimum atomic E-state index is -0.278. The van der Waals surface area contributed by atoms with Gasteiger partial charge in [-0.05, 0) is 18.8 Å². The van der Waals surface area contributed by atoms with Gasteiger partial charge in [0.15, 0.2) is 0 Å². The van der Waals surface area contributed by atoms with Crippen molar-refractivity contribution in [1.29, 1.82) is 0 Å². The molecule has 1 aliphatic carbocycles. The molecule has 1 saturated heterocycles. The van der Waals surface area contributed by atoms with Gasteiger partial charge < -0.3 is 15.4 Å². The van der Waals surface area contributed by atoms with E-state index in [0.29, 0.717) is 19.1 Å². The molecule has 1 atom stereocenters. The van der Waals surface area contributed by atoms with Crippen LogP contribution in [-0.4, -0.2) is 38.3 Å². The molecule has 2 aliphatic rings. The minimum Gasteiger partial charge on any atom is -0.366 e. The Morgan fingerprint density at radius 1 is 1.40 bits per heavy atom. The van der Waals surface area contributed by atoms with E-state index in [-0.39, 0.29) is 12.0 Å². The first-order chi connectivity index (χ1) is 7.36. The van der Waals surface area contributed by atoms with Gasteiger partial charge in [-0.1, -0.05) is 12.8 Å². The lowest BCUT2D eigenvalue weighted by molar-refractivity contribution is -0.134. The third-order valence-electron chi connectivity index (χ3n) is 3.26.